The summed E-state index contributed by atoms with van der Waals surface area (Å²) in [7, 11) is 3.24. The van der Waals surface area contributed by atoms with Crippen molar-refractivity contribution in [3.8, 4) is 5.88 Å². The van der Waals surface area contributed by atoms with Gasteiger partial charge in [-0.05, 0) is 0 Å². The summed E-state index contributed by atoms with van der Waals surface area (Å²) >= 11 is 5.74. The van der Waals surface area contributed by atoms with Gasteiger partial charge < -0.3 is 14.4 Å². The molecular weight excluding hydrogens is 230 g/mol. The lowest BCUT2D eigenvalue weighted by atomic mass is 10.4. The van der Waals surface area contributed by atoms with E-state index in [-0.39, 0.29) is 0 Å². The van der Waals surface area contributed by atoms with Gasteiger partial charge in [-0.1, -0.05) is 0 Å². The molecule has 0 bridgehead atoms. The summed E-state index contributed by atoms with van der Waals surface area (Å²) in [6, 6.07) is 1.78. The van der Waals surface area contributed by atoms with Crippen LogP contribution in [0.3, 0.4) is 0 Å². The molecule has 0 saturated carbocycles. The van der Waals surface area contributed by atoms with Crippen LogP contribution in [0.15, 0.2) is 12.4 Å². The summed E-state index contributed by atoms with van der Waals surface area (Å²) in [6.07, 6.45) is 1.47. The molecule has 16 heavy (non-hydrogen) atoms. The van der Waals surface area contributed by atoms with Crippen molar-refractivity contribution in [1.29, 1.82) is 0 Å². The molecule has 1 rings (SSSR count). The Balaban J connectivity index is 2.73. The van der Waals surface area contributed by atoms with Gasteiger partial charge in [-0.25, -0.2) is 9.97 Å². The van der Waals surface area contributed by atoms with Crippen LogP contribution in [0.1, 0.15) is 0 Å². The summed E-state index contributed by atoms with van der Waals surface area (Å²) in [4.78, 5) is 10.2. The van der Waals surface area contributed by atoms with Crippen molar-refractivity contribution < 1.29 is 9.47 Å². The van der Waals surface area contributed by atoms with Gasteiger partial charge in [-0.3, -0.25) is 0 Å². The highest BCUT2D eigenvalue weighted by Gasteiger charge is 2.08. The SMILES string of the molecule is COCCN(CCCl)c1cc(OC)ncn1. The second-order valence-electron chi connectivity index (χ2n) is 3.09. The fourth-order valence-electron chi connectivity index (χ4n) is 1.26. The molecule has 0 radical (unpaired) electrons. The fraction of sp³-hybridized carbons (Fsp3) is 0.600. The first-order valence-corrected chi connectivity index (χ1v) is 5.51. The van der Waals surface area contributed by atoms with E-state index in [4.69, 9.17) is 21.1 Å². The van der Waals surface area contributed by atoms with Gasteiger partial charge in [0.25, 0.3) is 0 Å². The quantitative estimate of drug-likeness (QED) is 0.675. The maximum absolute atomic E-state index is 5.74. The van der Waals surface area contributed by atoms with Crippen molar-refractivity contribution in [2.45, 2.75) is 0 Å². The smallest absolute Gasteiger partial charge is 0.218 e. The molecule has 0 aliphatic rings. The number of halogens is 1. The molecule has 1 heterocycles. The molecule has 0 aliphatic heterocycles. The Bertz CT molecular complexity index is 312. The van der Waals surface area contributed by atoms with Crippen LogP contribution in [0.4, 0.5) is 5.82 Å². The van der Waals surface area contributed by atoms with E-state index in [1.54, 1.807) is 20.3 Å². The van der Waals surface area contributed by atoms with Crippen LogP contribution < -0.4 is 9.64 Å². The van der Waals surface area contributed by atoms with Crippen LogP contribution in [-0.4, -0.2) is 49.8 Å². The van der Waals surface area contributed by atoms with Crippen molar-refractivity contribution in [2.75, 3.05) is 44.7 Å². The van der Waals surface area contributed by atoms with E-state index in [9.17, 15) is 0 Å². The van der Waals surface area contributed by atoms with Crippen LogP contribution in [0.2, 0.25) is 0 Å². The van der Waals surface area contributed by atoms with Crippen molar-refractivity contribution >= 4 is 17.4 Å². The first kappa shape index (κ1) is 13.0. The predicted molar refractivity (Wildman–Crippen MR) is 63.4 cm³/mol. The maximum Gasteiger partial charge on any atom is 0.218 e. The molecule has 0 amide bonds. The number of nitrogens with zero attached hydrogens (tertiary/aromatic N) is 3. The summed E-state index contributed by atoms with van der Waals surface area (Å²) in [6.45, 7) is 2.08. The van der Waals surface area contributed by atoms with Crippen LogP contribution in [-0.2, 0) is 4.74 Å². The number of aromatic nitrogens is 2. The fourth-order valence-corrected chi connectivity index (χ4v) is 1.46. The van der Waals surface area contributed by atoms with Gasteiger partial charge in [0.05, 0.1) is 13.7 Å². The molecule has 5 nitrogen and oxygen atoms in total. The van der Waals surface area contributed by atoms with Crippen molar-refractivity contribution in [1.82, 2.24) is 9.97 Å². The molecule has 1 aromatic heterocycles. The Morgan fingerprint density at radius 2 is 2.12 bits per heavy atom. The molecule has 0 N–H and O–H groups in total. The lowest BCUT2D eigenvalue weighted by Crippen LogP contribution is -2.30. The third-order valence-electron chi connectivity index (χ3n) is 2.08. The van der Waals surface area contributed by atoms with E-state index in [0.717, 1.165) is 12.4 Å². The van der Waals surface area contributed by atoms with E-state index in [0.29, 0.717) is 24.9 Å². The number of hydrogen-bond acceptors (Lipinski definition) is 5. The number of ether oxygens (including phenoxy) is 2. The number of rotatable bonds is 7. The van der Waals surface area contributed by atoms with Crippen LogP contribution in [0, 0.1) is 0 Å². The number of alkyl halides is 1. The molecule has 0 unspecified atom stereocenters. The van der Waals surface area contributed by atoms with Gasteiger partial charge in [0.2, 0.25) is 5.88 Å². The topological polar surface area (TPSA) is 47.5 Å². The average Bonchev–Trinajstić information content (AvgIpc) is 2.34. The van der Waals surface area contributed by atoms with Crippen molar-refractivity contribution in [3.05, 3.63) is 12.4 Å². The van der Waals surface area contributed by atoms with Crippen molar-refractivity contribution in [3.63, 3.8) is 0 Å². The second-order valence-corrected chi connectivity index (χ2v) is 3.47. The van der Waals surface area contributed by atoms with E-state index >= 15 is 0 Å². The Hall–Kier alpha value is -1.07. The third kappa shape index (κ3) is 3.83. The van der Waals surface area contributed by atoms with Crippen LogP contribution in [0.5, 0.6) is 5.88 Å². The van der Waals surface area contributed by atoms with Crippen LogP contribution in [0.25, 0.3) is 0 Å². The number of anilines is 1. The minimum Gasteiger partial charge on any atom is -0.481 e. The minimum absolute atomic E-state index is 0.538. The first-order valence-electron chi connectivity index (χ1n) is 4.97. The zero-order chi connectivity index (χ0) is 11.8. The third-order valence-corrected chi connectivity index (χ3v) is 2.25. The highest BCUT2D eigenvalue weighted by molar-refractivity contribution is 6.18. The summed E-state index contributed by atoms with van der Waals surface area (Å²) in [5, 5.41) is 0. The summed E-state index contributed by atoms with van der Waals surface area (Å²) in [5.41, 5.74) is 0. The zero-order valence-corrected chi connectivity index (χ0v) is 10.3. The molecule has 0 aliphatic carbocycles. The van der Waals surface area contributed by atoms with Crippen molar-refractivity contribution in [2.24, 2.45) is 0 Å². The molecule has 0 atom stereocenters. The Morgan fingerprint density at radius 1 is 1.31 bits per heavy atom. The van der Waals surface area contributed by atoms with Gasteiger partial charge in [0, 0.05) is 32.1 Å². The highest BCUT2D eigenvalue weighted by atomic mass is 35.5. The predicted octanol–water partition coefficient (Wildman–Crippen LogP) is 1.18. The van der Waals surface area contributed by atoms with Crippen LogP contribution >= 0.6 is 11.6 Å². The lowest BCUT2D eigenvalue weighted by Gasteiger charge is -2.22. The van der Waals surface area contributed by atoms with E-state index in [1.165, 1.54) is 6.33 Å². The molecule has 6 heteroatoms. The molecule has 0 spiro atoms. The maximum atomic E-state index is 5.74. The average molecular weight is 246 g/mol. The first-order chi connectivity index (χ1) is 7.81. The molecule has 90 valence electrons. The highest BCUT2D eigenvalue weighted by Crippen LogP contribution is 2.15. The van der Waals surface area contributed by atoms with E-state index in [1.807, 2.05) is 4.90 Å². The van der Waals surface area contributed by atoms with E-state index < -0.39 is 0 Å². The lowest BCUT2D eigenvalue weighted by molar-refractivity contribution is 0.205. The standard InChI is InChI=1S/C10H16ClN3O2/c1-15-6-5-14(4-3-11)9-7-10(16-2)13-8-12-9/h7-8H,3-6H2,1-2H3. The molecular formula is C10H16ClN3O2. The summed E-state index contributed by atoms with van der Waals surface area (Å²) in [5.74, 6) is 1.88. The minimum atomic E-state index is 0.538. The number of methoxy groups -OCH3 is 2. The Labute approximate surface area is 100 Å². The monoisotopic (exact) mass is 245 g/mol. The normalized spacial score (nSPS) is 10.2. The zero-order valence-electron chi connectivity index (χ0n) is 9.52. The molecule has 0 saturated heterocycles. The molecule has 1 aromatic rings. The largest absolute Gasteiger partial charge is 0.481 e. The second kappa shape index (κ2) is 7.24. The van der Waals surface area contributed by atoms with Gasteiger partial charge >= 0.3 is 0 Å². The van der Waals surface area contributed by atoms with Gasteiger partial charge in [0.1, 0.15) is 12.1 Å². The van der Waals surface area contributed by atoms with Gasteiger partial charge in [0.15, 0.2) is 0 Å². The van der Waals surface area contributed by atoms with E-state index in [2.05, 4.69) is 9.97 Å². The Morgan fingerprint density at radius 3 is 2.75 bits per heavy atom. The number of hydrogen-bond donors (Lipinski definition) is 0. The molecule has 0 fully saturated rings. The molecule has 0 aromatic carbocycles. The van der Waals surface area contributed by atoms with Gasteiger partial charge in [-0.2, -0.15) is 0 Å². The Kier molecular flexibility index (Phi) is 5.88. The summed E-state index contributed by atoms with van der Waals surface area (Å²) < 4.78 is 10.1. The van der Waals surface area contributed by atoms with Gasteiger partial charge in [-0.15, -0.1) is 11.6 Å².